The second-order valence-electron chi connectivity index (χ2n) is 6.43. The molecule has 2 aromatic heterocycles. The summed E-state index contributed by atoms with van der Waals surface area (Å²) in [5.74, 6) is 0.909. The first-order chi connectivity index (χ1) is 13.5. The van der Waals surface area contributed by atoms with Crippen molar-refractivity contribution in [1.29, 1.82) is 5.26 Å². The van der Waals surface area contributed by atoms with Gasteiger partial charge in [-0.05, 0) is 31.4 Å². The summed E-state index contributed by atoms with van der Waals surface area (Å²) in [6.45, 7) is 3.69. The number of carbonyl (C=O) groups excluding carboxylic acids is 1. The second kappa shape index (κ2) is 8.35. The summed E-state index contributed by atoms with van der Waals surface area (Å²) in [6.07, 6.45) is 2.29. The lowest BCUT2D eigenvalue weighted by atomic mass is 9.99. The topological polar surface area (TPSA) is 112 Å². The highest BCUT2D eigenvalue weighted by molar-refractivity contribution is 5.76. The number of rotatable bonds is 6. The number of aryl methyl sites for hydroxylation is 1. The largest absolute Gasteiger partial charge is 0.439 e. The number of nitrogens with zero attached hydrogens (tertiary/aromatic N) is 2. The highest BCUT2D eigenvalue weighted by Gasteiger charge is 2.14. The number of H-pyrrole nitrogens is 1. The Bertz CT molecular complexity index is 1090. The van der Waals surface area contributed by atoms with Gasteiger partial charge in [-0.3, -0.25) is 9.59 Å². The van der Waals surface area contributed by atoms with Crippen LogP contribution in [0.25, 0.3) is 11.3 Å². The van der Waals surface area contributed by atoms with E-state index in [2.05, 4.69) is 15.3 Å². The molecule has 0 bridgehead atoms. The van der Waals surface area contributed by atoms with Crippen LogP contribution in [-0.4, -0.2) is 15.9 Å². The third-order valence-corrected chi connectivity index (χ3v) is 4.57. The predicted molar refractivity (Wildman–Crippen MR) is 103 cm³/mol. The average molecular weight is 376 g/mol. The van der Waals surface area contributed by atoms with Gasteiger partial charge in [-0.2, -0.15) is 5.26 Å². The Morgan fingerprint density at radius 3 is 2.75 bits per heavy atom. The first-order valence-electron chi connectivity index (χ1n) is 8.89. The fourth-order valence-electron chi connectivity index (χ4n) is 3.05. The monoisotopic (exact) mass is 376 g/mol. The van der Waals surface area contributed by atoms with Crippen molar-refractivity contribution < 1.29 is 9.21 Å². The van der Waals surface area contributed by atoms with Crippen molar-refractivity contribution in [2.24, 2.45) is 0 Å². The molecule has 0 aliphatic rings. The zero-order valence-corrected chi connectivity index (χ0v) is 15.7. The van der Waals surface area contributed by atoms with Crippen molar-refractivity contribution in [3.63, 3.8) is 0 Å². The van der Waals surface area contributed by atoms with Gasteiger partial charge in [0.15, 0.2) is 5.76 Å². The number of oxazole rings is 1. The molecule has 2 heterocycles. The van der Waals surface area contributed by atoms with E-state index in [4.69, 9.17) is 9.68 Å². The molecule has 3 aromatic rings. The molecule has 0 spiro atoms. The molecule has 142 valence electrons. The fourth-order valence-corrected chi connectivity index (χ4v) is 3.05. The van der Waals surface area contributed by atoms with Crippen LogP contribution in [-0.2, 0) is 17.8 Å². The molecule has 7 heteroatoms. The van der Waals surface area contributed by atoms with E-state index in [0.29, 0.717) is 29.3 Å². The van der Waals surface area contributed by atoms with Crippen LogP contribution in [0.15, 0.2) is 45.7 Å². The van der Waals surface area contributed by atoms with E-state index in [1.807, 2.05) is 36.4 Å². The lowest BCUT2D eigenvalue weighted by Crippen LogP contribution is -2.24. The van der Waals surface area contributed by atoms with Crippen LogP contribution in [0.5, 0.6) is 0 Å². The molecule has 0 aliphatic carbocycles. The maximum atomic E-state index is 12.2. The van der Waals surface area contributed by atoms with Crippen molar-refractivity contribution in [2.75, 3.05) is 0 Å². The Hall–Kier alpha value is -3.66. The number of hydrogen-bond acceptors (Lipinski definition) is 5. The molecule has 0 atom stereocenters. The number of nitriles is 1. The van der Waals surface area contributed by atoms with Gasteiger partial charge in [-0.1, -0.05) is 30.3 Å². The lowest BCUT2D eigenvalue weighted by Gasteiger charge is -2.10. The Balaban J connectivity index is 1.58. The van der Waals surface area contributed by atoms with Gasteiger partial charge in [0.05, 0.1) is 12.7 Å². The van der Waals surface area contributed by atoms with Gasteiger partial charge < -0.3 is 14.7 Å². The molecule has 0 radical (unpaired) electrons. The van der Waals surface area contributed by atoms with Gasteiger partial charge in [0, 0.05) is 17.7 Å². The van der Waals surface area contributed by atoms with Gasteiger partial charge >= 0.3 is 0 Å². The third-order valence-electron chi connectivity index (χ3n) is 4.57. The fraction of sp³-hybridized carbons (Fsp3) is 0.238. The quantitative estimate of drug-likeness (QED) is 0.687. The first kappa shape index (κ1) is 19.1. The number of carbonyl (C=O) groups is 1. The van der Waals surface area contributed by atoms with E-state index in [1.54, 1.807) is 20.0 Å². The van der Waals surface area contributed by atoms with Gasteiger partial charge in [-0.25, -0.2) is 4.98 Å². The number of aromatic amines is 1. The van der Waals surface area contributed by atoms with Crippen molar-refractivity contribution in [1.82, 2.24) is 15.3 Å². The Morgan fingerprint density at radius 2 is 2.04 bits per heavy atom. The molecule has 1 amide bonds. The van der Waals surface area contributed by atoms with E-state index in [9.17, 15) is 9.59 Å². The van der Waals surface area contributed by atoms with Crippen LogP contribution >= 0.6 is 0 Å². The van der Waals surface area contributed by atoms with Gasteiger partial charge in [0.1, 0.15) is 11.6 Å². The van der Waals surface area contributed by atoms with Gasteiger partial charge in [0.25, 0.3) is 5.56 Å². The molecule has 0 unspecified atom stereocenters. The Morgan fingerprint density at radius 1 is 1.29 bits per heavy atom. The van der Waals surface area contributed by atoms with Crippen LogP contribution in [0.4, 0.5) is 0 Å². The van der Waals surface area contributed by atoms with Crippen molar-refractivity contribution in [3.05, 3.63) is 75.2 Å². The molecule has 7 nitrogen and oxygen atoms in total. The summed E-state index contributed by atoms with van der Waals surface area (Å²) in [5.41, 5.74) is 2.72. The summed E-state index contributed by atoms with van der Waals surface area (Å²) < 4.78 is 5.66. The van der Waals surface area contributed by atoms with Crippen LogP contribution in [0.3, 0.4) is 0 Å². The molecular formula is C21H20N4O3. The second-order valence-corrected chi connectivity index (χ2v) is 6.43. The normalized spacial score (nSPS) is 10.5. The number of aromatic nitrogens is 2. The van der Waals surface area contributed by atoms with E-state index in [-0.39, 0.29) is 24.4 Å². The van der Waals surface area contributed by atoms with E-state index >= 15 is 0 Å². The van der Waals surface area contributed by atoms with Crippen LogP contribution in [0.1, 0.15) is 34.7 Å². The molecule has 0 saturated heterocycles. The number of pyridine rings is 1. The Labute approximate surface area is 162 Å². The molecule has 2 N–H and O–H groups in total. The summed E-state index contributed by atoms with van der Waals surface area (Å²) in [6, 6.07) is 11.5. The summed E-state index contributed by atoms with van der Waals surface area (Å²) in [7, 11) is 0. The first-order valence-corrected chi connectivity index (χ1v) is 8.89. The van der Waals surface area contributed by atoms with Crippen LogP contribution in [0, 0.1) is 25.2 Å². The highest BCUT2D eigenvalue weighted by Crippen LogP contribution is 2.19. The molecule has 1 aromatic carbocycles. The standard InChI is InChI=1S/C21H20N4O3/c1-13-16(14(2)25-21(27)17(13)10-22)8-9-19(26)23-12-20-24-11-18(28-20)15-6-4-3-5-7-15/h3-7,11H,8-9,12H2,1-2H3,(H,23,26)(H,25,27). The summed E-state index contributed by atoms with van der Waals surface area (Å²) in [4.78, 5) is 30.8. The zero-order valence-electron chi connectivity index (χ0n) is 15.7. The minimum absolute atomic E-state index is 0.0919. The van der Waals surface area contributed by atoms with Gasteiger partial charge in [0.2, 0.25) is 11.8 Å². The van der Waals surface area contributed by atoms with E-state index in [1.165, 1.54) is 0 Å². The van der Waals surface area contributed by atoms with Crippen molar-refractivity contribution in [2.45, 2.75) is 33.2 Å². The SMILES string of the molecule is Cc1[nH]c(=O)c(C#N)c(C)c1CCC(=O)NCc1ncc(-c2ccccc2)o1. The highest BCUT2D eigenvalue weighted by atomic mass is 16.4. The van der Waals surface area contributed by atoms with Crippen molar-refractivity contribution in [3.8, 4) is 17.4 Å². The molecule has 3 rings (SSSR count). The summed E-state index contributed by atoms with van der Waals surface area (Å²) in [5, 5.41) is 11.9. The smallest absolute Gasteiger partial charge is 0.266 e. The molecule has 0 aliphatic heterocycles. The Kier molecular flexibility index (Phi) is 5.70. The predicted octanol–water partition coefficient (Wildman–Crippen LogP) is 2.77. The number of hydrogen-bond donors (Lipinski definition) is 2. The lowest BCUT2D eigenvalue weighted by molar-refractivity contribution is -0.121. The maximum absolute atomic E-state index is 12.2. The molecular weight excluding hydrogens is 356 g/mol. The minimum Gasteiger partial charge on any atom is -0.439 e. The number of benzene rings is 1. The van der Waals surface area contributed by atoms with Gasteiger partial charge in [-0.15, -0.1) is 0 Å². The molecule has 0 saturated carbocycles. The summed E-state index contributed by atoms with van der Waals surface area (Å²) >= 11 is 0. The van der Waals surface area contributed by atoms with E-state index in [0.717, 1.165) is 11.1 Å². The molecule has 28 heavy (non-hydrogen) atoms. The zero-order chi connectivity index (χ0) is 20.1. The number of amides is 1. The van der Waals surface area contributed by atoms with Crippen LogP contribution in [0.2, 0.25) is 0 Å². The van der Waals surface area contributed by atoms with Crippen molar-refractivity contribution >= 4 is 5.91 Å². The van der Waals surface area contributed by atoms with E-state index < -0.39 is 5.56 Å². The van der Waals surface area contributed by atoms with Crippen LogP contribution < -0.4 is 10.9 Å². The third kappa shape index (κ3) is 4.18. The maximum Gasteiger partial charge on any atom is 0.266 e. The molecule has 0 fully saturated rings. The average Bonchev–Trinajstić information content (AvgIpc) is 3.16. The minimum atomic E-state index is -0.399. The number of nitrogens with one attached hydrogen (secondary N) is 2.